The van der Waals surface area contributed by atoms with Gasteiger partial charge in [-0.05, 0) is 69.5 Å². The predicted octanol–water partition coefficient (Wildman–Crippen LogP) is 3.29. The van der Waals surface area contributed by atoms with Crippen LogP contribution in [-0.2, 0) is 0 Å². The van der Waals surface area contributed by atoms with E-state index < -0.39 is 0 Å². The van der Waals surface area contributed by atoms with Crippen molar-refractivity contribution in [3.8, 4) is 17.1 Å². The van der Waals surface area contributed by atoms with Crippen LogP contribution in [0.15, 0.2) is 40.9 Å². The summed E-state index contributed by atoms with van der Waals surface area (Å²) in [6.07, 6.45) is 0. The highest BCUT2D eigenvalue weighted by atomic mass is 79.9. The third-order valence-corrected chi connectivity index (χ3v) is 4.43. The second-order valence-corrected chi connectivity index (χ2v) is 5.64. The molecular weight excluding hydrogens is 330 g/mol. The summed E-state index contributed by atoms with van der Waals surface area (Å²) in [5.41, 5.74) is 10.8. The summed E-state index contributed by atoms with van der Waals surface area (Å²) in [6, 6.07) is 11.7. The van der Waals surface area contributed by atoms with Gasteiger partial charge in [0.15, 0.2) is 5.82 Å². The Labute approximate surface area is 130 Å². The summed E-state index contributed by atoms with van der Waals surface area (Å²) >= 11 is 3.51. The van der Waals surface area contributed by atoms with Crippen LogP contribution in [0, 0.1) is 13.8 Å². The molecule has 0 bridgehead atoms. The van der Waals surface area contributed by atoms with E-state index in [2.05, 4.69) is 51.4 Å². The number of aryl methyl sites for hydroxylation is 1. The van der Waals surface area contributed by atoms with Crippen molar-refractivity contribution in [3.05, 3.63) is 52.0 Å². The second kappa shape index (κ2) is 5.29. The zero-order valence-corrected chi connectivity index (χ0v) is 13.3. The molecule has 3 aromatic rings. The molecule has 0 unspecified atom stereocenters. The topological polar surface area (TPSA) is 69.6 Å². The lowest BCUT2D eigenvalue weighted by molar-refractivity contribution is 0.786. The van der Waals surface area contributed by atoms with E-state index in [4.69, 9.17) is 5.73 Å². The lowest BCUT2D eigenvalue weighted by atomic mass is 10.1. The van der Waals surface area contributed by atoms with Crippen LogP contribution in [0.3, 0.4) is 0 Å². The third kappa shape index (κ3) is 2.31. The van der Waals surface area contributed by atoms with E-state index in [1.165, 1.54) is 5.56 Å². The minimum atomic E-state index is 0.655. The van der Waals surface area contributed by atoms with E-state index in [-0.39, 0.29) is 0 Å². The van der Waals surface area contributed by atoms with E-state index in [0.717, 1.165) is 21.3 Å². The highest BCUT2D eigenvalue weighted by Crippen LogP contribution is 2.32. The molecule has 0 saturated heterocycles. The summed E-state index contributed by atoms with van der Waals surface area (Å²) in [5.74, 6) is 0.655. The molecule has 6 heteroatoms. The fraction of sp³-hybridized carbons (Fsp3) is 0.133. The molecule has 0 saturated carbocycles. The molecular formula is C15H14BrN5. The van der Waals surface area contributed by atoms with Crippen LogP contribution in [0.1, 0.15) is 11.1 Å². The maximum absolute atomic E-state index is 5.94. The van der Waals surface area contributed by atoms with Crippen LogP contribution in [0.25, 0.3) is 17.1 Å². The average molecular weight is 344 g/mol. The first kappa shape index (κ1) is 13.8. The lowest BCUT2D eigenvalue weighted by Gasteiger charge is -2.11. The Hall–Kier alpha value is -2.21. The molecule has 0 spiro atoms. The number of aromatic nitrogens is 4. The van der Waals surface area contributed by atoms with Crippen LogP contribution in [0.5, 0.6) is 0 Å². The highest BCUT2D eigenvalue weighted by Gasteiger charge is 2.16. The zero-order chi connectivity index (χ0) is 15.0. The van der Waals surface area contributed by atoms with Crippen LogP contribution in [-0.4, -0.2) is 20.2 Å². The van der Waals surface area contributed by atoms with Crippen molar-refractivity contribution in [2.75, 3.05) is 5.73 Å². The Morgan fingerprint density at radius 3 is 2.67 bits per heavy atom. The molecule has 0 fully saturated rings. The van der Waals surface area contributed by atoms with Gasteiger partial charge in [0.05, 0.1) is 10.2 Å². The number of benzene rings is 2. The quantitative estimate of drug-likeness (QED) is 0.725. The molecule has 0 amide bonds. The fourth-order valence-corrected chi connectivity index (χ4v) is 2.65. The number of tetrazole rings is 1. The Morgan fingerprint density at radius 1 is 1.10 bits per heavy atom. The first-order chi connectivity index (χ1) is 10.1. The van der Waals surface area contributed by atoms with Gasteiger partial charge in [0.2, 0.25) is 0 Å². The van der Waals surface area contributed by atoms with Gasteiger partial charge < -0.3 is 5.73 Å². The van der Waals surface area contributed by atoms with Gasteiger partial charge >= 0.3 is 0 Å². The van der Waals surface area contributed by atoms with Gasteiger partial charge in [-0.25, -0.2) is 0 Å². The monoisotopic (exact) mass is 343 g/mol. The van der Waals surface area contributed by atoms with Gasteiger partial charge in [0.25, 0.3) is 0 Å². The number of nitrogens with two attached hydrogens (primary N) is 1. The van der Waals surface area contributed by atoms with E-state index >= 15 is 0 Å². The highest BCUT2D eigenvalue weighted by molar-refractivity contribution is 9.10. The van der Waals surface area contributed by atoms with Gasteiger partial charge in [0, 0.05) is 11.3 Å². The average Bonchev–Trinajstić information content (AvgIpc) is 2.94. The Morgan fingerprint density at radius 2 is 1.86 bits per heavy atom. The number of halogens is 1. The van der Waals surface area contributed by atoms with Crippen molar-refractivity contribution >= 4 is 21.6 Å². The smallest absolute Gasteiger partial charge is 0.188 e. The van der Waals surface area contributed by atoms with E-state index in [1.807, 2.05) is 30.3 Å². The van der Waals surface area contributed by atoms with E-state index in [9.17, 15) is 0 Å². The molecule has 5 nitrogen and oxygen atoms in total. The van der Waals surface area contributed by atoms with Gasteiger partial charge in [-0.2, -0.15) is 4.68 Å². The normalized spacial score (nSPS) is 10.8. The molecule has 0 aliphatic carbocycles. The summed E-state index contributed by atoms with van der Waals surface area (Å²) in [5, 5.41) is 12.1. The first-order valence-electron chi connectivity index (χ1n) is 6.49. The molecule has 106 valence electrons. The number of hydrogen-bond donors (Lipinski definition) is 1. The van der Waals surface area contributed by atoms with Crippen molar-refractivity contribution in [3.63, 3.8) is 0 Å². The second-order valence-electron chi connectivity index (χ2n) is 4.84. The van der Waals surface area contributed by atoms with Crippen molar-refractivity contribution in [1.82, 2.24) is 20.2 Å². The SMILES string of the molecule is Cc1cccc(-n2nnnc2-c2cccc(N)c2Br)c1C. The number of nitrogen functional groups attached to an aromatic ring is 1. The minimum Gasteiger partial charge on any atom is -0.398 e. The standard InChI is InChI=1S/C15H14BrN5/c1-9-5-3-8-13(10(9)2)21-15(18-19-20-21)11-6-4-7-12(17)14(11)16/h3-8H,17H2,1-2H3. The molecule has 1 aromatic heterocycles. The third-order valence-electron chi connectivity index (χ3n) is 3.54. The molecule has 2 N–H and O–H groups in total. The van der Waals surface area contributed by atoms with Crippen molar-refractivity contribution < 1.29 is 0 Å². The Balaban J connectivity index is 2.22. The minimum absolute atomic E-state index is 0.655. The van der Waals surface area contributed by atoms with Crippen molar-refractivity contribution in [2.45, 2.75) is 13.8 Å². The number of nitrogens with zero attached hydrogens (tertiary/aromatic N) is 4. The lowest BCUT2D eigenvalue weighted by Crippen LogP contribution is -2.04. The van der Waals surface area contributed by atoms with Gasteiger partial charge in [-0.15, -0.1) is 5.10 Å². The van der Waals surface area contributed by atoms with Gasteiger partial charge in [0.1, 0.15) is 0 Å². The molecule has 2 aromatic carbocycles. The molecule has 0 atom stereocenters. The van der Waals surface area contributed by atoms with Crippen molar-refractivity contribution in [1.29, 1.82) is 0 Å². The molecule has 21 heavy (non-hydrogen) atoms. The molecule has 1 heterocycles. The Bertz CT molecular complexity index is 744. The molecule has 3 rings (SSSR count). The summed E-state index contributed by atoms with van der Waals surface area (Å²) in [7, 11) is 0. The number of anilines is 1. The van der Waals surface area contributed by atoms with Crippen LogP contribution < -0.4 is 5.73 Å². The van der Waals surface area contributed by atoms with Crippen LogP contribution in [0.2, 0.25) is 0 Å². The summed E-state index contributed by atoms with van der Waals surface area (Å²) in [6.45, 7) is 4.13. The van der Waals surface area contributed by atoms with E-state index in [1.54, 1.807) is 4.68 Å². The maximum Gasteiger partial charge on any atom is 0.188 e. The first-order valence-corrected chi connectivity index (χ1v) is 7.28. The van der Waals surface area contributed by atoms with Gasteiger partial charge in [-0.1, -0.05) is 18.2 Å². The van der Waals surface area contributed by atoms with Crippen molar-refractivity contribution in [2.24, 2.45) is 0 Å². The molecule has 0 aliphatic heterocycles. The molecule has 0 aliphatic rings. The number of hydrogen-bond acceptors (Lipinski definition) is 4. The Kier molecular flexibility index (Phi) is 3.47. The van der Waals surface area contributed by atoms with Gasteiger partial charge in [-0.3, -0.25) is 0 Å². The van der Waals surface area contributed by atoms with Crippen LogP contribution in [0.4, 0.5) is 5.69 Å². The molecule has 0 radical (unpaired) electrons. The largest absolute Gasteiger partial charge is 0.398 e. The zero-order valence-electron chi connectivity index (χ0n) is 11.7. The summed E-state index contributed by atoms with van der Waals surface area (Å²) < 4.78 is 2.54. The van der Waals surface area contributed by atoms with E-state index in [0.29, 0.717) is 11.5 Å². The summed E-state index contributed by atoms with van der Waals surface area (Å²) in [4.78, 5) is 0. The fourth-order valence-electron chi connectivity index (χ4n) is 2.20. The van der Waals surface area contributed by atoms with Crippen LogP contribution >= 0.6 is 15.9 Å². The number of rotatable bonds is 2. The predicted molar refractivity (Wildman–Crippen MR) is 86.2 cm³/mol. The maximum atomic E-state index is 5.94.